The Bertz CT molecular complexity index is 734. The van der Waals surface area contributed by atoms with Crippen molar-refractivity contribution in [2.75, 3.05) is 0 Å². The molecule has 1 aromatic carbocycles. The molecule has 20 heavy (non-hydrogen) atoms. The number of rotatable bonds is 4. The SMILES string of the molecule is Cc1occc1[S@](=O)Cc1ncn(-c2ccccc2)n1. The molecule has 0 aliphatic carbocycles. The molecule has 0 N–H and O–H groups in total. The van der Waals surface area contributed by atoms with Crippen molar-refractivity contribution in [3.63, 3.8) is 0 Å². The number of hydrogen-bond acceptors (Lipinski definition) is 4. The van der Waals surface area contributed by atoms with Crippen molar-refractivity contribution in [2.24, 2.45) is 0 Å². The van der Waals surface area contributed by atoms with Crippen LogP contribution in [0.1, 0.15) is 11.6 Å². The summed E-state index contributed by atoms with van der Waals surface area (Å²) in [6.45, 7) is 1.79. The van der Waals surface area contributed by atoms with Crippen LogP contribution in [0.3, 0.4) is 0 Å². The van der Waals surface area contributed by atoms with Gasteiger partial charge in [0, 0.05) is 0 Å². The highest BCUT2D eigenvalue weighted by Crippen LogP contribution is 2.16. The Morgan fingerprint density at radius 2 is 2.05 bits per heavy atom. The molecular weight excluding hydrogens is 274 g/mol. The second-order valence-corrected chi connectivity index (χ2v) is 5.69. The van der Waals surface area contributed by atoms with Gasteiger partial charge in [-0.1, -0.05) is 18.2 Å². The summed E-state index contributed by atoms with van der Waals surface area (Å²) in [4.78, 5) is 4.90. The predicted octanol–water partition coefficient (Wildman–Crippen LogP) is 2.48. The molecule has 1 atom stereocenters. The minimum absolute atomic E-state index is 0.278. The van der Waals surface area contributed by atoms with E-state index < -0.39 is 10.8 Å². The first kappa shape index (κ1) is 12.8. The molecule has 0 unspecified atom stereocenters. The van der Waals surface area contributed by atoms with Gasteiger partial charge in [0.15, 0.2) is 5.82 Å². The highest BCUT2D eigenvalue weighted by molar-refractivity contribution is 7.84. The highest BCUT2D eigenvalue weighted by atomic mass is 32.2. The molecule has 3 rings (SSSR count). The van der Waals surface area contributed by atoms with Crippen molar-refractivity contribution in [1.29, 1.82) is 0 Å². The second kappa shape index (κ2) is 5.42. The van der Waals surface area contributed by atoms with Gasteiger partial charge in [0.1, 0.15) is 12.1 Å². The predicted molar refractivity (Wildman–Crippen MR) is 74.9 cm³/mol. The van der Waals surface area contributed by atoms with E-state index in [-0.39, 0.29) is 5.75 Å². The third-order valence-electron chi connectivity index (χ3n) is 2.88. The van der Waals surface area contributed by atoms with Gasteiger partial charge in [-0.05, 0) is 25.1 Å². The van der Waals surface area contributed by atoms with Crippen LogP contribution in [0.4, 0.5) is 0 Å². The Balaban J connectivity index is 1.78. The van der Waals surface area contributed by atoms with Crippen LogP contribution in [0.2, 0.25) is 0 Å². The van der Waals surface area contributed by atoms with Gasteiger partial charge >= 0.3 is 0 Å². The van der Waals surface area contributed by atoms with E-state index in [4.69, 9.17) is 4.42 Å². The fraction of sp³-hybridized carbons (Fsp3) is 0.143. The van der Waals surface area contributed by atoms with Crippen molar-refractivity contribution in [3.05, 3.63) is 60.6 Å². The second-order valence-electron chi connectivity index (χ2n) is 4.27. The molecule has 0 bridgehead atoms. The van der Waals surface area contributed by atoms with Gasteiger partial charge in [0.2, 0.25) is 0 Å². The van der Waals surface area contributed by atoms with Crippen LogP contribution in [0.15, 0.2) is 58.3 Å². The van der Waals surface area contributed by atoms with Crippen molar-refractivity contribution in [1.82, 2.24) is 14.8 Å². The van der Waals surface area contributed by atoms with E-state index in [2.05, 4.69) is 10.1 Å². The van der Waals surface area contributed by atoms with Gasteiger partial charge in [-0.3, -0.25) is 4.21 Å². The van der Waals surface area contributed by atoms with E-state index in [1.807, 2.05) is 30.3 Å². The number of para-hydroxylation sites is 1. The number of benzene rings is 1. The smallest absolute Gasteiger partial charge is 0.163 e. The monoisotopic (exact) mass is 287 g/mol. The number of hydrogen-bond donors (Lipinski definition) is 0. The molecule has 0 saturated carbocycles. The minimum atomic E-state index is -1.19. The van der Waals surface area contributed by atoms with E-state index in [0.717, 1.165) is 5.69 Å². The molecular formula is C14H13N3O2S. The van der Waals surface area contributed by atoms with Crippen LogP contribution in [0.25, 0.3) is 5.69 Å². The van der Waals surface area contributed by atoms with Crippen LogP contribution >= 0.6 is 0 Å². The molecule has 0 saturated heterocycles. The zero-order chi connectivity index (χ0) is 13.9. The first-order chi connectivity index (χ1) is 9.74. The standard InChI is InChI=1S/C14H13N3O2S/c1-11-13(7-8-19-11)20(18)9-14-15-10-17(16-14)12-5-3-2-4-6-12/h2-8,10H,9H2,1H3/t20-/m1/s1. The Morgan fingerprint density at radius 3 is 2.75 bits per heavy atom. The Kier molecular flexibility index (Phi) is 3.47. The molecule has 0 spiro atoms. The third kappa shape index (κ3) is 2.55. The summed E-state index contributed by atoms with van der Waals surface area (Å²) >= 11 is 0. The molecule has 102 valence electrons. The first-order valence-electron chi connectivity index (χ1n) is 6.12. The molecule has 0 radical (unpaired) electrons. The Morgan fingerprint density at radius 1 is 1.25 bits per heavy atom. The molecule has 6 heteroatoms. The summed E-state index contributed by atoms with van der Waals surface area (Å²) in [5.41, 5.74) is 0.927. The lowest BCUT2D eigenvalue weighted by Crippen LogP contribution is -2.00. The average Bonchev–Trinajstić information content (AvgIpc) is 3.09. The summed E-state index contributed by atoms with van der Waals surface area (Å²) in [5.74, 6) is 1.50. The van der Waals surface area contributed by atoms with Crippen LogP contribution in [-0.4, -0.2) is 19.0 Å². The van der Waals surface area contributed by atoms with Crippen LogP contribution in [-0.2, 0) is 16.6 Å². The lowest BCUT2D eigenvalue weighted by molar-refractivity contribution is 0.525. The number of aryl methyl sites for hydroxylation is 1. The van der Waals surface area contributed by atoms with Crippen LogP contribution < -0.4 is 0 Å². The Labute approximate surface area is 118 Å². The van der Waals surface area contributed by atoms with Crippen molar-refractivity contribution in [3.8, 4) is 5.69 Å². The summed E-state index contributed by atoms with van der Waals surface area (Å²) in [7, 11) is -1.19. The largest absolute Gasteiger partial charge is 0.468 e. The van der Waals surface area contributed by atoms with Gasteiger partial charge in [-0.15, -0.1) is 0 Å². The van der Waals surface area contributed by atoms with E-state index in [1.54, 1.807) is 30.3 Å². The molecule has 0 aliphatic heterocycles. The highest BCUT2D eigenvalue weighted by Gasteiger charge is 2.13. The van der Waals surface area contributed by atoms with Crippen LogP contribution in [0, 0.1) is 6.92 Å². The number of nitrogens with zero attached hydrogens (tertiary/aromatic N) is 3. The zero-order valence-corrected chi connectivity index (χ0v) is 11.7. The molecule has 0 fully saturated rings. The molecule has 2 aromatic heterocycles. The molecule has 0 aliphatic rings. The van der Waals surface area contributed by atoms with Crippen molar-refractivity contribution >= 4 is 10.8 Å². The maximum atomic E-state index is 12.2. The zero-order valence-electron chi connectivity index (χ0n) is 10.9. The number of furan rings is 1. The van der Waals surface area contributed by atoms with E-state index in [9.17, 15) is 4.21 Å². The summed E-state index contributed by atoms with van der Waals surface area (Å²) in [6, 6.07) is 11.4. The molecule has 3 aromatic rings. The number of aromatic nitrogens is 3. The fourth-order valence-electron chi connectivity index (χ4n) is 1.87. The third-order valence-corrected chi connectivity index (χ3v) is 4.31. The lowest BCUT2D eigenvalue weighted by Gasteiger charge is -1.99. The molecule has 2 heterocycles. The minimum Gasteiger partial charge on any atom is -0.468 e. The van der Waals surface area contributed by atoms with E-state index >= 15 is 0 Å². The topological polar surface area (TPSA) is 60.9 Å². The molecule has 5 nitrogen and oxygen atoms in total. The van der Waals surface area contributed by atoms with E-state index in [0.29, 0.717) is 16.5 Å². The normalized spacial score (nSPS) is 12.4. The summed E-state index contributed by atoms with van der Waals surface area (Å²) in [5, 5.41) is 4.34. The van der Waals surface area contributed by atoms with Gasteiger partial charge < -0.3 is 4.42 Å². The van der Waals surface area contributed by atoms with Gasteiger partial charge in [0.25, 0.3) is 0 Å². The average molecular weight is 287 g/mol. The van der Waals surface area contributed by atoms with E-state index in [1.165, 1.54) is 0 Å². The Hall–Kier alpha value is -2.21. The maximum Gasteiger partial charge on any atom is 0.163 e. The maximum absolute atomic E-state index is 12.2. The molecule has 0 amide bonds. The first-order valence-corrected chi connectivity index (χ1v) is 7.44. The van der Waals surface area contributed by atoms with Gasteiger partial charge in [-0.25, -0.2) is 9.67 Å². The van der Waals surface area contributed by atoms with Gasteiger partial charge in [-0.2, -0.15) is 5.10 Å². The summed E-state index contributed by atoms with van der Waals surface area (Å²) in [6.07, 6.45) is 3.17. The summed E-state index contributed by atoms with van der Waals surface area (Å²) < 4.78 is 19.0. The van der Waals surface area contributed by atoms with Crippen LogP contribution in [0.5, 0.6) is 0 Å². The quantitative estimate of drug-likeness (QED) is 0.739. The fourth-order valence-corrected chi connectivity index (χ4v) is 2.97. The van der Waals surface area contributed by atoms with Crippen molar-refractivity contribution in [2.45, 2.75) is 17.6 Å². The van der Waals surface area contributed by atoms with Crippen molar-refractivity contribution < 1.29 is 8.63 Å². The van der Waals surface area contributed by atoms with Gasteiger partial charge in [0.05, 0.1) is 33.4 Å². The lowest BCUT2D eigenvalue weighted by atomic mass is 10.3.